The molecule has 0 aliphatic carbocycles. The predicted octanol–water partition coefficient (Wildman–Crippen LogP) is 2.75. The van der Waals surface area contributed by atoms with Crippen LogP contribution in [0, 0.1) is 0 Å². The van der Waals surface area contributed by atoms with Crippen molar-refractivity contribution in [3.63, 3.8) is 0 Å². The first kappa shape index (κ1) is 20.8. The fraction of sp³-hybridized carbons (Fsp3) is 0.458. The molecule has 4 heterocycles. The van der Waals surface area contributed by atoms with Crippen LogP contribution >= 0.6 is 0 Å². The number of rotatable bonds is 4. The number of hydrogen-bond donors (Lipinski definition) is 2. The van der Waals surface area contributed by atoms with Gasteiger partial charge in [-0.3, -0.25) is 19.6 Å². The number of hydrogen-bond acceptors (Lipinski definition) is 5. The number of amides is 1. The average molecular weight is 436 g/mol. The number of nitrogens with zero attached hydrogens (tertiary/aromatic N) is 4. The second-order valence-electron chi connectivity index (χ2n) is 8.78. The minimum absolute atomic E-state index is 0.0667. The lowest BCUT2D eigenvalue weighted by Crippen LogP contribution is -2.39. The largest absolute Gasteiger partial charge is 0.508 e. The van der Waals surface area contributed by atoms with E-state index in [9.17, 15) is 14.7 Å². The third kappa shape index (κ3) is 3.68. The Morgan fingerprint density at radius 3 is 2.91 bits per heavy atom. The van der Waals surface area contributed by atoms with Crippen LogP contribution in [0.15, 0.2) is 35.1 Å². The number of phenolic OH excluding ortho intramolecular Hbond substituents is 1. The number of H-pyrrole nitrogens is 1. The molecular weight excluding hydrogens is 406 g/mol. The minimum Gasteiger partial charge on any atom is -0.508 e. The Morgan fingerprint density at radius 2 is 2.09 bits per heavy atom. The van der Waals surface area contributed by atoms with Gasteiger partial charge >= 0.3 is 0 Å². The fourth-order valence-corrected chi connectivity index (χ4v) is 5.02. The van der Waals surface area contributed by atoms with Crippen LogP contribution in [0.4, 0.5) is 0 Å². The molecule has 2 aliphatic rings. The lowest BCUT2D eigenvalue weighted by Gasteiger charge is -2.35. The van der Waals surface area contributed by atoms with E-state index < -0.39 is 0 Å². The summed E-state index contributed by atoms with van der Waals surface area (Å²) in [7, 11) is 0. The van der Waals surface area contributed by atoms with Gasteiger partial charge in [-0.15, -0.1) is 0 Å². The number of aromatic hydroxyl groups is 1. The molecular formula is C24H29N5O3. The highest BCUT2D eigenvalue weighted by atomic mass is 16.3. The van der Waals surface area contributed by atoms with Gasteiger partial charge in [-0.1, -0.05) is 31.5 Å². The average Bonchev–Trinajstić information content (AvgIpc) is 3.24. The second kappa shape index (κ2) is 8.43. The molecule has 5 rings (SSSR count). The maximum absolute atomic E-state index is 13.2. The van der Waals surface area contributed by atoms with Crippen LogP contribution in [0.1, 0.15) is 61.2 Å². The molecule has 2 N–H and O–H groups in total. The van der Waals surface area contributed by atoms with E-state index >= 15 is 0 Å². The number of carbonyl (C=O) groups is 1. The Labute approximate surface area is 186 Å². The Morgan fingerprint density at radius 1 is 1.25 bits per heavy atom. The maximum Gasteiger partial charge on any atom is 0.276 e. The SMILES string of the molecule is CCC(=O)N1CCc2c(nc3cc([C@H]4CCCCN4Cc4ccccc4O)[nH]n3c2=O)C1. The minimum atomic E-state index is -0.0667. The Hall–Kier alpha value is -3.13. The molecule has 1 atom stereocenters. The molecule has 0 saturated carbocycles. The van der Waals surface area contributed by atoms with E-state index in [1.807, 2.05) is 31.2 Å². The second-order valence-corrected chi connectivity index (χ2v) is 8.78. The van der Waals surface area contributed by atoms with Crippen LogP contribution in [-0.4, -0.2) is 48.5 Å². The quantitative estimate of drug-likeness (QED) is 0.657. The van der Waals surface area contributed by atoms with Crippen LogP contribution in [0.3, 0.4) is 0 Å². The highest BCUT2D eigenvalue weighted by Crippen LogP contribution is 2.33. The van der Waals surface area contributed by atoms with Crippen LogP contribution < -0.4 is 5.56 Å². The molecule has 0 unspecified atom stereocenters. The van der Waals surface area contributed by atoms with Crippen molar-refractivity contribution in [1.29, 1.82) is 0 Å². The topological polar surface area (TPSA) is 93.9 Å². The monoisotopic (exact) mass is 435 g/mol. The third-order valence-corrected chi connectivity index (χ3v) is 6.78. The van der Waals surface area contributed by atoms with Gasteiger partial charge in [-0.25, -0.2) is 9.50 Å². The molecule has 1 amide bonds. The molecule has 32 heavy (non-hydrogen) atoms. The zero-order valence-corrected chi connectivity index (χ0v) is 18.4. The number of fused-ring (bicyclic) bond motifs is 2. The molecule has 8 nitrogen and oxygen atoms in total. The van der Waals surface area contributed by atoms with Crippen molar-refractivity contribution in [3.05, 3.63) is 63.2 Å². The van der Waals surface area contributed by atoms with E-state index in [-0.39, 0.29) is 17.5 Å². The summed E-state index contributed by atoms with van der Waals surface area (Å²) >= 11 is 0. The fourth-order valence-electron chi connectivity index (χ4n) is 5.02. The first-order chi connectivity index (χ1) is 15.5. The molecule has 0 spiro atoms. The first-order valence-corrected chi connectivity index (χ1v) is 11.5. The molecule has 8 heteroatoms. The number of aromatic amines is 1. The summed E-state index contributed by atoms with van der Waals surface area (Å²) in [6.07, 6.45) is 4.20. The molecule has 2 aromatic heterocycles. The Balaban J connectivity index is 1.47. The zero-order chi connectivity index (χ0) is 22.2. The summed E-state index contributed by atoms with van der Waals surface area (Å²) < 4.78 is 1.55. The number of aromatic nitrogens is 3. The summed E-state index contributed by atoms with van der Waals surface area (Å²) in [6.45, 7) is 4.40. The Bertz CT molecular complexity index is 1210. The summed E-state index contributed by atoms with van der Waals surface area (Å²) in [5.41, 5.74) is 3.81. The van der Waals surface area contributed by atoms with Gasteiger partial charge in [0, 0.05) is 36.7 Å². The summed E-state index contributed by atoms with van der Waals surface area (Å²) in [6, 6.07) is 9.54. The van der Waals surface area contributed by atoms with Crippen molar-refractivity contribution in [2.75, 3.05) is 13.1 Å². The molecule has 2 aliphatic heterocycles. The molecule has 1 fully saturated rings. The standard InChI is InChI=1S/C24H29N5O3/c1-2-23(31)28-12-10-17-19(15-28)25-22-13-18(26-29(22)24(17)32)20-8-5-6-11-27(20)14-16-7-3-4-9-21(16)30/h3-4,7,9,13,20,26,30H,2,5-6,8,10-12,14-15H2,1H3/t20-/m1/s1. The number of nitrogens with one attached hydrogen (secondary N) is 1. The summed E-state index contributed by atoms with van der Waals surface area (Å²) in [5, 5.41) is 13.5. The van der Waals surface area contributed by atoms with Gasteiger partial charge in [0.15, 0.2) is 5.65 Å². The van der Waals surface area contributed by atoms with Gasteiger partial charge in [-0.05, 0) is 31.9 Å². The van der Waals surface area contributed by atoms with Crippen LogP contribution in [0.2, 0.25) is 0 Å². The van der Waals surface area contributed by atoms with Crippen molar-refractivity contribution < 1.29 is 9.90 Å². The van der Waals surface area contributed by atoms with E-state index in [0.717, 1.165) is 37.1 Å². The van der Waals surface area contributed by atoms with Gasteiger partial charge in [0.25, 0.3) is 5.56 Å². The van der Waals surface area contributed by atoms with Crippen molar-refractivity contribution in [2.45, 2.75) is 58.2 Å². The lowest BCUT2D eigenvalue weighted by molar-refractivity contribution is -0.131. The third-order valence-electron chi connectivity index (χ3n) is 6.78. The Kier molecular flexibility index (Phi) is 5.46. The smallest absolute Gasteiger partial charge is 0.276 e. The lowest BCUT2D eigenvalue weighted by atomic mass is 9.98. The van der Waals surface area contributed by atoms with Crippen molar-refractivity contribution in [3.8, 4) is 5.75 Å². The van der Waals surface area contributed by atoms with Crippen LogP contribution in [0.25, 0.3) is 5.65 Å². The molecule has 0 bridgehead atoms. The van der Waals surface area contributed by atoms with Crippen LogP contribution in [0.5, 0.6) is 5.75 Å². The van der Waals surface area contributed by atoms with Gasteiger partial charge < -0.3 is 10.0 Å². The van der Waals surface area contributed by atoms with Gasteiger partial charge in [0.1, 0.15) is 5.75 Å². The molecule has 3 aromatic rings. The zero-order valence-electron chi connectivity index (χ0n) is 18.4. The predicted molar refractivity (Wildman–Crippen MR) is 120 cm³/mol. The van der Waals surface area contributed by atoms with E-state index in [2.05, 4.69) is 10.00 Å². The first-order valence-electron chi connectivity index (χ1n) is 11.5. The molecule has 1 saturated heterocycles. The maximum atomic E-state index is 13.2. The number of phenols is 1. The highest BCUT2D eigenvalue weighted by Gasteiger charge is 2.28. The number of likely N-dealkylation sites (tertiary alicyclic amines) is 1. The van der Waals surface area contributed by atoms with Gasteiger partial charge in [0.2, 0.25) is 5.91 Å². The summed E-state index contributed by atoms with van der Waals surface area (Å²) in [4.78, 5) is 34.2. The van der Waals surface area contributed by atoms with E-state index in [4.69, 9.17) is 4.98 Å². The number of piperidine rings is 1. The van der Waals surface area contributed by atoms with E-state index in [0.29, 0.717) is 55.1 Å². The van der Waals surface area contributed by atoms with Crippen LogP contribution in [-0.2, 0) is 24.3 Å². The highest BCUT2D eigenvalue weighted by molar-refractivity contribution is 5.76. The molecule has 1 aromatic carbocycles. The van der Waals surface area contributed by atoms with E-state index in [1.165, 1.54) is 0 Å². The van der Waals surface area contributed by atoms with Crippen molar-refractivity contribution in [2.24, 2.45) is 0 Å². The number of benzene rings is 1. The molecule has 168 valence electrons. The van der Waals surface area contributed by atoms with Crippen molar-refractivity contribution in [1.82, 2.24) is 24.4 Å². The summed E-state index contributed by atoms with van der Waals surface area (Å²) in [5.74, 6) is 0.402. The van der Waals surface area contributed by atoms with Gasteiger partial charge in [-0.2, -0.15) is 0 Å². The van der Waals surface area contributed by atoms with Crippen molar-refractivity contribution >= 4 is 11.6 Å². The normalized spacial score (nSPS) is 19.3. The van der Waals surface area contributed by atoms with Gasteiger partial charge in [0.05, 0.1) is 24.0 Å². The van der Waals surface area contributed by atoms with E-state index in [1.54, 1.807) is 15.5 Å². The number of para-hydroxylation sites is 1. The number of carbonyl (C=O) groups excluding carboxylic acids is 1. The molecule has 0 radical (unpaired) electrons.